The number of pyridine rings is 1. The summed E-state index contributed by atoms with van der Waals surface area (Å²) in [7, 11) is 0. The molecule has 0 radical (unpaired) electrons. The molecule has 0 unspecified atom stereocenters. The van der Waals surface area contributed by atoms with Crippen LogP contribution in [0, 0.1) is 0 Å². The van der Waals surface area contributed by atoms with E-state index in [4.69, 9.17) is 0 Å². The quantitative estimate of drug-likeness (QED) is 0.429. The van der Waals surface area contributed by atoms with Gasteiger partial charge in [0.1, 0.15) is 5.82 Å². The minimum atomic E-state index is -4.53. The highest BCUT2D eigenvalue weighted by atomic mass is 79.9. The maximum absolute atomic E-state index is 12.9. The number of carbonyl (C=O) groups excluding carboxylic acids is 3. The van der Waals surface area contributed by atoms with Gasteiger partial charge in [0.2, 0.25) is 5.91 Å². The second-order valence-corrected chi connectivity index (χ2v) is 7.65. The number of nitrogens with zero attached hydrogens (tertiary/aromatic N) is 2. The lowest BCUT2D eigenvalue weighted by Gasteiger charge is -2.14. The molecular weight excluding hydrogens is 481 g/mol. The van der Waals surface area contributed by atoms with E-state index >= 15 is 0 Å². The van der Waals surface area contributed by atoms with E-state index in [2.05, 4.69) is 31.5 Å². The first-order valence-electron chi connectivity index (χ1n) is 9.37. The molecule has 0 fully saturated rings. The van der Waals surface area contributed by atoms with Gasteiger partial charge in [0.15, 0.2) is 0 Å². The summed E-state index contributed by atoms with van der Waals surface area (Å²) >= 11 is 3.26. The van der Waals surface area contributed by atoms with Crippen LogP contribution in [0.25, 0.3) is 0 Å². The molecule has 0 spiro atoms. The number of hydrogen-bond acceptors (Lipinski definition) is 5. The lowest BCUT2D eigenvalue weighted by molar-refractivity contribution is -0.137. The maximum Gasteiger partial charge on any atom is 0.419 e. The Morgan fingerprint density at radius 1 is 1.10 bits per heavy atom. The van der Waals surface area contributed by atoms with Crippen molar-refractivity contribution in [2.45, 2.75) is 19.0 Å². The molecule has 1 aliphatic rings. The van der Waals surface area contributed by atoms with Crippen LogP contribution in [0.2, 0.25) is 0 Å². The van der Waals surface area contributed by atoms with Crippen LogP contribution in [0.4, 0.5) is 19.0 Å². The van der Waals surface area contributed by atoms with Crippen molar-refractivity contribution in [2.75, 3.05) is 25.0 Å². The van der Waals surface area contributed by atoms with E-state index in [1.807, 2.05) is 0 Å². The summed E-state index contributed by atoms with van der Waals surface area (Å²) in [6.07, 6.45) is -2.95. The summed E-state index contributed by atoms with van der Waals surface area (Å²) < 4.78 is 39.4. The summed E-state index contributed by atoms with van der Waals surface area (Å²) in [5.41, 5.74) is -0.228. The van der Waals surface area contributed by atoms with Crippen LogP contribution >= 0.6 is 15.9 Å². The molecule has 3 amide bonds. The fourth-order valence-corrected chi connectivity index (χ4v) is 3.47. The molecule has 1 aromatic carbocycles. The average Bonchev–Trinajstić information content (AvgIpc) is 2.95. The molecule has 7 nitrogen and oxygen atoms in total. The monoisotopic (exact) mass is 498 g/mol. The average molecular weight is 499 g/mol. The number of imide groups is 1. The predicted octanol–water partition coefficient (Wildman–Crippen LogP) is 3.47. The van der Waals surface area contributed by atoms with Crippen LogP contribution in [-0.2, 0) is 11.0 Å². The van der Waals surface area contributed by atoms with E-state index < -0.39 is 23.6 Å². The van der Waals surface area contributed by atoms with Crippen molar-refractivity contribution >= 4 is 39.5 Å². The lowest BCUT2D eigenvalue weighted by Crippen LogP contribution is -2.33. The highest BCUT2D eigenvalue weighted by Gasteiger charge is 2.35. The van der Waals surface area contributed by atoms with Crippen molar-refractivity contribution < 1.29 is 27.6 Å². The molecule has 0 saturated carbocycles. The Balaban J connectivity index is 1.40. The van der Waals surface area contributed by atoms with Gasteiger partial charge >= 0.3 is 6.18 Å². The Labute approximate surface area is 184 Å². The molecule has 164 valence electrons. The van der Waals surface area contributed by atoms with Gasteiger partial charge in [-0.05, 0) is 36.8 Å². The topological polar surface area (TPSA) is 91.4 Å². The fourth-order valence-electron chi connectivity index (χ4n) is 3.11. The second kappa shape index (κ2) is 9.46. The van der Waals surface area contributed by atoms with E-state index in [9.17, 15) is 27.6 Å². The van der Waals surface area contributed by atoms with Gasteiger partial charge in [-0.2, -0.15) is 13.2 Å². The van der Waals surface area contributed by atoms with Crippen LogP contribution in [0.1, 0.15) is 39.1 Å². The Hall–Kier alpha value is -2.95. The van der Waals surface area contributed by atoms with E-state index in [-0.39, 0.29) is 44.2 Å². The van der Waals surface area contributed by atoms with Gasteiger partial charge in [-0.3, -0.25) is 19.3 Å². The molecule has 1 aromatic heterocycles. The first-order valence-corrected chi connectivity index (χ1v) is 10.2. The van der Waals surface area contributed by atoms with Crippen LogP contribution in [0.5, 0.6) is 0 Å². The number of anilines is 1. The van der Waals surface area contributed by atoms with Crippen molar-refractivity contribution in [1.82, 2.24) is 15.2 Å². The third kappa shape index (κ3) is 5.40. The van der Waals surface area contributed by atoms with Crippen molar-refractivity contribution in [3.05, 3.63) is 57.7 Å². The number of amides is 3. The molecule has 2 heterocycles. The van der Waals surface area contributed by atoms with Gasteiger partial charge in [0.25, 0.3) is 11.8 Å². The molecular formula is C20H18BrF3N4O3. The fraction of sp³-hybridized carbons (Fsp3) is 0.300. The van der Waals surface area contributed by atoms with Crippen molar-refractivity contribution in [2.24, 2.45) is 0 Å². The normalized spacial score (nSPS) is 13.4. The van der Waals surface area contributed by atoms with Gasteiger partial charge < -0.3 is 10.6 Å². The first kappa shape index (κ1) is 22.7. The minimum absolute atomic E-state index is 0.0547. The zero-order chi connectivity index (χ0) is 22.6. The number of benzene rings is 1. The molecule has 11 heteroatoms. The summed E-state index contributed by atoms with van der Waals surface area (Å²) in [6, 6.07) is 6.96. The number of rotatable bonds is 8. The molecule has 2 aromatic rings. The summed E-state index contributed by atoms with van der Waals surface area (Å²) in [6.45, 7) is 0.241. The lowest BCUT2D eigenvalue weighted by atomic mass is 10.1. The van der Waals surface area contributed by atoms with Gasteiger partial charge in [0.05, 0.1) is 16.7 Å². The standard InChI is InChI=1S/C20H18BrF3N4O3/c21-12-5-6-13-14(11-12)19(31)28(18(13)30)10-2-4-16(29)25-8-9-27-17-15(20(22,23)24)3-1-7-26-17/h1,3,5-7,11H,2,4,8-10H2,(H,25,29)(H,26,27). The SMILES string of the molecule is O=C(CCCN1C(=O)c2ccc(Br)cc2C1=O)NCCNc1ncccc1C(F)(F)F. The Bertz CT molecular complexity index is 1010. The molecule has 0 saturated heterocycles. The predicted molar refractivity (Wildman–Crippen MR) is 109 cm³/mol. The van der Waals surface area contributed by atoms with E-state index in [0.29, 0.717) is 15.6 Å². The van der Waals surface area contributed by atoms with Crippen LogP contribution < -0.4 is 10.6 Å². The zero-order valence-corrected chi connectivity index (χ0v) is 17.7. The molecule has 1 aliphatic heterocycles. The number of halogens is 4. The third-order valence-corrected chi connectivity index (χ3v) is 5.06. The largest absolute Gasteiger partial charge is 0.419 e. The Kier molecular flexibility index (Phi) is 6.94. The van der Waals surface area contributed by atoms with Crippen molar-refractivity contribution in [1.29, 1.82) is 0 Å². The molecule has 0 aliphatic carbocycles. The van der Waals surface area contributed by atoms with Crippen molar-refractivity contribution in [3.8, 4) is 0 Å². The summed E-state index contributed by atoms with van der Waals surface area (Å²) in [5.74, 6) is -1.44. The number of nitrogens with one attached hydrogen (secondary N) is 2. The number of alkyl halides is 3. The highest BCUT2D eigenvalue weighted by molar-refractivity contribution is 9.10. The Morgan fingerprint density at radius 3 is 2.58 bits per heavy atom. The first-order chi connectivity index (χ1) is 14.7. The van der Waals surface area contributed by atoms with E-state index in [1.165, 1.54) is 12.3 Å². The molecule has 0 atom stereocenters. The van der Waals surface area contributed by atoms with Gasteiger partial charge in [-0.1, -0.05) is 15.9 Å². The maximum atomic E-state index is 12.9. The van der Waals surface area contributed by atoms with Crippen LogP contribution in [0.3, 0.4) is 0 Å². The molecule has 3 rings (SSSR count). The van der Waals surface area contributed by atoms with Crippen LogP contribution in [-0.4, -0.2) is 47.2 Å². The number of aromatic nitrogens is 1. The second-order valence-electron chi connectivity index (χ2n) is 6.73. The number of fused-ring (bicyclic) bond motifs is 1. The zero-order valence-electron chi connectivity index (χ0n) is 16.1. The van der Waals surface area contributed by atoms with E-state index in [1.54, 1.807) is 18.2 Å². The molecule has 2 N–H and O–H groups in total. The summed E-state index contributed by atoms with van der Waals surface area (Å²) in [4.78, 5) is 41.4. The van der Waals surface area contributed by atoms with Gasteiger partial charge in [-0.25, -0.2) is 4.98 Å². The van der Waals surface area contributed by atoms with Crippen LogP contribution in [0.15, 0.2) is 41.0 Å². The molecule has 0 bridgehead atoms. The molecule has 31 heavy (non-hydrogen) atoms. The summed E-state index contributed by atoms with van der Waals surface area (Å²) in [5, 5.41) is 5.13. The van der Waals surface area contributed by atoms with E-state index in [0.717, 1.165) is 11.0 Å². The Morgan fingerprint density at radius 2 is 1.84 bits per heavy atom. The third-order valence-electron chi connectivity index (χ3n) is 4.57. The smallest absolute Gasteiger partial charge is 0.368 e. The van der Waals surface area contributed by atoms with Crippen molar-refractivity contribution in [3.63, 3.8) is 0 Å². The van der Waals surface area contributed by atoms with Gasteiger partial charge in [0, 0.05) is 36.7 Å². The van der Waals surface area contributed by atoms with Gasteiger partial charge in [-0.15, -0.1) is 0 Å². The number of carbonyl (C=O) groups is 3. The highest BCUT2D eigenvalue weighted by Crippen LogP contribution is 2.33. The minimum Gasteiger partial charge on any atom is -0.368 e. The number of hydrogen-bond donors (Lipinski definition) is 2.